The van der Waals surface area contributed by atoms with Crippen LogP contribution in [0.1, 0.15) is 33.4 Å². The molecule has 1 aromatic rings. The van der Waals surface area contributed by atoms with E-state index in [1.54, 1.807) is 0 Å². The van der Waals surface area contributed by atoms with Crippen LogP contribution in [0.2, 0.25) is 0 Å². The van der Waals surface area contributed by atoms with Crippen LogP contribution in [0.4, 0.5) is 0 Å². The smallest absolute Gasteiger partial charge is 0.269 e. The molecule has 12 heteroatoms. The van der Waals surface area contributed by atoms with Gasteiger partial charge < -0.3 is 0 Å². The zero-order valence-corrected chi connectivity index (χ0v) is 15.6. The van der Waals surface area contributed by atoms with Crippen molar-refractivity contribution in [3.8, 4) is 0 Å². The first kappa shape index (κ1) is 21.0. The second kappa shape index (κ2) is 6.69. The van der Waals surface area contributed by atoms with Crippen LogP contribution in [0.3, 0.4) is 0 Å². The van der Waals surface area contributed by atoms with E-state index in [1.165, 1.54) is 20.8 Å². The third-order valence-electron chi connectivity index (χ3n) is 3.70. The first-order valence-corrected chi connectivity index (χ1v) is 11.3. The molecule has 0 bridgehead atoms. The zero-order valence-electron chi connectivity index (χ0n) is 13.1. The Kier molecular flexibility index (Phi) is 5.85. The van der Waals surface area contributed by atoms with Crippen molar-refractivity contribution in [3.05, 3.63) is 33.4 Å². The Morgan fingerprint density at radius 2 is 0.708 bits per heavy atom. The summed E-state index contributed by atoms with van der Waals surface area (Å²) in [7, 11) is -13.4. The van der Waals surface area contributed by atoms with Crippen molar-refractivity contribution in [1.82, 2.24) is 0 Å². The SMILES string of the molecule is Cc1c(CS(=O)(=O)O)c(C)c(CS(=O)(=O)O)c(C)c1CS(=O)(=O)O. The average Bonchev–Trinajstić information content (AvgIpc) is 2.32. The number of hydrogen-bond donors (Lipinski definition) is 3. The second-order valence-corrected chi connectivity index (χ2v) is 9.85. The molecule has 0 saturated heterocycles. The van der Waals surface area contributed by atoms with Crippen molar-refractivity contribution in [3.63, 3.8) is 0 Å². The van der Waals surface area contributed by atoms with Gasteiger partial charge >= 0.3 is 0 Å². The second-order valence-electron chi connectivity index (χ2n) is 5.49. The van der Waals surface area contributed by atoms with Gasteiger partial charge in [-0.05, 0) is 54.2 Å². The molecule has 0 spiro atoms. The summed E-state index contributed by atoms with van der Waals surface area (Å²) in [6.07, 6.45) is 0. The largest absolute Gasteiger partial charge is 0.285 e. The fraction of sp³-hybridized carbons (Fsp3) is 0.500. The molecular weight excluding hydrogens is 384 g/mol. The van der Waals surface area contributed by atoms with Gasteiger partial charge in [0, 0.05) is 0 Å². The Labute approximate surface area is 141 Å². The summed E-state index contributed by atoms with van der Waals surface area (Å²) >= 11 is 0. The quantitative estimate of drug-likeness (QED) is 0.583. The predicted octanol–water partition coefficient (Wildman–Crippen LogP) is 0.775. The van der Waals surface area contributed by atoms with E-state index in [0.29, 0.717) is 0 Å². The van der Waals surface area contributed by atoms with Gasteiger partial charge in [-0.1, -0.05) is 0 Å². The van der Waals surface area contributed by atoms with E-state index in [1.807, 2.05) is 0 Å². The minimum Gasteiger partial charge on any atom is -0.285 e. The summed E-state index contributed by atoms with van der Waals surface area (Å²) in [4.78, 5) is 0. The van der Waals surface area contributed by atoms with Gasteiger partial charge in [-0.3, -0.25) is 13.7 Å². The highest BCUT2D eigenvalue weighted by Gasteiger charge is 2.24. The fourth-order valence-corrected chi connectivity index (χ4v) is 4.98. The normalized spacial score (nSPS) is 13.2. The number of hydrogen-bond acceptors (Lipinski definition) is 6. The molecule has 0 aliphatic rings. The van der Waals surface area contributed by atoms with E-state index < -0.39 is 47.6 Å². The molecule has 0 saturated carbocycles. The summed E-state index contributed by atoms with van der Waals surface area (Å²) in [5, 5.41) is 0. The van der Waals surface area contributed by atoms with Crippen LogP contribution in [0.5, 0.6) is 0 Å². The fourth-order valence-electron chi connectivity index (χ4n) is 2.59. The minimum absolute atomic E-state index is 0.0143. The number of rotatable bonds is 6. The van der Waals surface area contributed by atoms with Gasteiger partial charge in [0.05, 0.1) is 0 Å². The lowest BCUT2D eigenvalue weighted by atomic mass is 9.90. The van der Waals surface area contributed by atoms with Crippen molar-refractivity contribution in [2.45, 2.75) is 38.0 Å². The Morgan fingerprint density at radius 3 is 0.833 bits per heavy atom. The van der Waals surface area contributed by atoms with Gasteiger partial charge in [0.2, 0.25) is 0 Å². The van der Waals surface area contributed by atoms with Gasteiger partial charge in [-0.2, -0.15) is 25.3 Å². The summed E-state index contributed by atoms with van der Waals surface area (Å²) in [6, 6.07) is 0. The van der Waals surface area contributed by atoms with Crippen LogP contribution in [0, 0.1) is 20.8 Å². The first-order valence-electron chi connectivity index (χ1n) is 6.47. The van der Waals surface area contributed by atoms with Crippen LogP contribution in [0.15, 0.2) is 0 Å². The van der Waals surface area contributed by atoms with Gasteiger partial charge in [-0.25, -0.2) is 0 Å². The molecule has 3 N–H and O–H groups in total. The molecule has 0 atom stereocenters. The van der Waals surface area contributed by atoms with Crippen molar-refractivity contribution in [2.75, 3.05) is 0 Å². The maximum atomic E-state index is 11.2. The third-order valence-corrected chi connectivity index (χ3v) is 5.66. The van der Waals surface area contributed by atoms with Gasteiger partial charge in [-0.15, -0.1) is 0 Å². The minimum atomic E-state index is -4.48. The lowest BCUT2D eigenvalue weighted by molar-refractivity contribution is 0.480. The highest BCUT2D eigenvalue weighted by Crippen LogP contribution is 2.31. The molecule has 0 unspecified atom stereocenters. The predicted molar refractivity (Wildman–Crippen MR) is 86.4 cm³/mol. The van der Waals surface area contributed by atoms with Crippen LogP contribution in [-0.4, -0.2) is 38.9 Å². The van der Waals surface area contributed by atoms with Crippen molar-refractivity contribution in [1.29, 1.82) is 0 Å². The maximum Gasteiger partial charge on any atom is 0.269 e. The average molecular weight is 402 g/mol. The molecule has 24 heavy (non-hydrogen) atoms. The lowest BCUT2D eigenvalue weighted by Gasteiger charge is -2.21. The van der Waals surface area contributed by atoms with Crippen LogP contribution >= 0.6 is 0 Å². The van der Waals surface area contributed by atoms with Crippen molar-refractivity contribution < 1.29 is 38.9 Å². The highest BCUT2D eigenvalue weighted by molar-refractivity contribution is 7.85. The number of benzene rings is 1. The van der Waals surface area contributed by atoms with E-state index >= 15 is 0 Å². The molecule has 0 aromatic heterocycles. The molecule has 1 rings (SSSR count). The Morgan fingerprint density at radius 1 is 0.542 bits per heavy atom. The Hall–Kier alpha value is -1.05. The summed E-state index contributed by atoms with van der Waals surface area (Å²) in [5.74, 6) is -2.58. The molecule has 9 nitrogen and oxygen atoms in total. The summed E-state index contributed by atoms with van der Waals surface area (Å²) in [5.41, 5.74) is 0.624. The zero-order chi connectivity index (χ0) is 19.1. The molecule has 0 radical (unpaired) electrons. The van der Waals surface area contributed by atoms with Crippen LogP contribution < -0.4 is 0 Å². The standard InChI is InChI=1S/C12H18O9S3/c1-7-10(4-22(13,14)15)8(2)12(6-24(19,20)21)9(3)11(7)5-23(16,17)18/h4-6H2,1-3H3,(H,13,14,15)(H,16,17,18)(H,19,20,21). The van der Waals surface area contributed by atoms with Gasteiger partial charge in [0.25, 0.3) is 30.4 Å². The van der Waals surface area contributed by atoms with Crippen molar-refractivity contribution >= 4 is 30.4 Å². The monoisotopic (exact) mass is 402 g/mol. The molecule has 1 aromatic carbocycles. The van der Waals surface area contributed by atoms with E-state index in [9.17, 15) is 25.3 Å². The topological polar surface area (TPSA) is 163 Å². The van der Waals surface area contributed by atoms with E-state index in [2.05, 4.69) is 0 Å². The summed E-state index contributed by atoms with van der Waals surface area (Å²) in [6.45, 7) is 4.20. The van der Waals surface area contributed by atoms with Crippen LogP contribution in [0.25, 0.3) is 0 Å². The molecule has 0 aliphatic heterocycles. The Balaban J connectivity index is 3.83. The van der Waals surface area contributed by atoms with Gasteiger partial charge in [0.15, 0.2) is 0 Å². The first-order chi connectivity index (χ1) is 10.5. The Bertz CT molecular complexity index is 822. The van der Waals surface area contributed by atoms with E-state index in [0.717, 1.165) is 0 Å². The third kappa shape index (κ3) is 5.79. The molecular formula is C12H18O9S3. The van der Waals surface area contributed by atoms with Gasteiger partial charge in [0.1, 0.15) is 17.3 Å². The summed E-state index contributed by atoms with van der Waals surface area (Å²) < 4.78 is 94.4. The molecule has 0 heterocycles. The van der Waals surface area contributed by atoms with E-state index in [4.69, 9.17) is 13.7 Å². The molecule has 138 valence electrons. The molecule has 0 aliphatic carbocycles. The van der Waals surface area contributed by atoms with Crippen molar-refractivity contribution in [2.24, 2.45) is 0 Å². The maximum absolute atomic E-state index is 11.2. The van der Waals surface area contributed by atoms with E-state index in [-0.39, 0.29) is 33.4 Å². The molecule has 0 amide bonds. The highest BCUT2D eigenvalue weighted by atomic mass is 32.2. The lowest BCUT2D eigenvalue weighted by Crippen LogP contribution is -2.16. The molecule has 0 fully saturated rings. The van der Waals surface area contributed by atoms with Crippen LogP contribution in [-0.2, 0) is 47.6 Å².